The zero-order chi connectivity index (χ0) is 34.5. The number of rotatable bonds is 8. The molecule has 6 atom stereocenters. The third-order valence-electron chi connectivity index (χ3n) is 9.22. The standard InChI is InChI=1S/C35H35NO12/c1-16-30(39)20(36)12-25(47-16)48-22-14-35(44,23(37)15-46-24(38)11-17-7-4-3-5-8-17)13-19-27(22)34(43)29-28(32(19)41)31(40)18-9-6-10-21(45-2)26(18)33(29)42/h3-10,16,20,22,25,30,39,41,43-44H,11-15,36H2,1-2H3/t16-,20-,22-,25+,30+,35+/m1/s1. The van der Waals surface area contributed by atoms with Crippen LogP contribution in [0.3, 0.4) is 0 Å². The number of esters is 1. The molecule has 48 heavy (non-hydrogen) atoms. The van der Waals surface area contributed by atoms with E-state index >= 15 is 0 Å². The van der Waals surface area contributed by atoms with Gasteiger partial charge in [-0.1, -0.05) is 42.5 Å². The van der Waals surface area contributed by atoms with E-state index in [9.17, 15) is 39.6 Å². The summed E-state index contributed by atoms with van der Waals surface area (Å²) in [5.74, 6) is -4.55. The quantitative estimate of drug-likeness (QED) is 0.135. The molecule has 3 aromatic rings. The van der Waals surface area contributed by atoms with Crippen LogP contribution in [0.5, 0.6) is 17.2 Å². The number of aromatic hydroxyl groups is 2. The van der Waals surface area contributed by atoms with E-state index < -0.39 is 102 Å². The molecule has 1 saturated heterocycles. The molecule has 252 valence electrons. The predicted octanol–water partition coefficient (Wildman–Crippen LogP) is 1.79. The van der Waals surface area contributed by atoms with Crippen LogP contribution in [0.15, 0.2) is 48.5 Å². The first-order valence-electron chi connectivity index (χ1n) is 15.4. The van der Waals surface area contributed by atoms with Crippen LogP contribution in [-0.2, 0) is 36.6 Å². The number of carbonyl (C=O) groups is 4. The SMILES string of the molecule is COc1cccc2c1C(=O)c1c(O)c3c(c(O)c1C2=O)C[C@@](O)(C(=O)COC(=O)Cc1ccccc1)C[C@H]3O[C@H]1C[C@@H](N)[C@@H](O)[C@@H](C)O1. The maximum Gasteiger partial charge on any atom is 0.310 e. The van der Waals surface area contributed by atoms with Crippen molar-refractivity contribution in [3.05, 3.63) is 87.5 Å². The molecule has 13 nitrogen and oxygen atoms in total. The molecule has 1 fully saturated rings. The Bertz CT molecular complexity index is 1790. The Morgan fingerprint density at radius 3 is 2.40 bits per heavy atom. The summed E-state index contributed by atoms with van der Waals surface area (Å²) >= 11 is 0. The Labute approximate surface area is 274 Å². The maximum atomic E-state index is 13.9. The number of aliphatic hydroxyl groups excluding tert-OH is 1. The second-order valence-corrected chi connectivity index (χ2v) is 12.3. The minimum atomic E-state index is -2.33. The van der Waals surface area contributed by atoms with Gasteiger partial charge in [-0.05, 0) is 18.6 Å². The van der Waals surface area contributed by atoms with Crippen molar-refractivity contribution in [1.29, 1.82) is 0 Å². The van der Waals surface area contributed by atoms with Crippen LogP contribution in [0, 0.1) is 0 Å². The molecule has 6 N–H and O–H groups in total. The van der Waals surface area contributed by atoms with Crippen LogP contribution in [0.25, 0.3) is 0 Å². The van der Waals surface area contributed by atoms with Crippen molar-refractivity contribution in [2.75, 3.05) is 13.7 Å². The largest absolute Gasteiger partial charge is 0.507 e. The average molecular weight is 662 g/mol. The Morgan fingerprint density at radius 1 is 1.00 bits per heavy atom. The minimum absolute atomic E-state index is 0.0134. The summed E-state index contributed by atoms with van der Waals surface area (Å²) in [4.78, 5) is 53.7. The predicted molar refractivity (Wildman–Crippen MR) is 166 cm³/mol. The highest BCUT2D eigenvalue weighted by Crippen LogP contribution is 2.52. The second kappa shape index (κ2) is 12.7. The van der Waals surface area contributed by atoms with Crippen LogP contribution in [0.2, 0.25) is 0 Å². The number of carbonyl (C=O) groups excluding carboxylic acids is 4. The Balaban J connectivity index is 1.39. The van der Waals surface area contributed by atoms with Gasteiger partial charge in [0, 0.05) is 42.0 Å². The van der Waals surface area contributed by atoms with E-state index in [1.807, 2.05) is 0 Å². The summed E-state index contributed by atoms with van der Waals surface area (Å²) in [5, 5.41) is 45.4. The molecule has 0 aromatic heterocycles. The number of fused-ring (bicyclic) bond motifs is 3. The Hall–Kier alpha value is -4.66. The maximum absolute atomic E-state index is 13.9. The van der Waals surface area contributed by atoms with Crippen LogP contribution >= 0.6 is 0 Å². The molecule has 2 aliphatic carbocycles. The van der Waals surface area contributed by atoms with Gasteiger partial charge in [-0.3, -0.25) is 19.2 Å². The molecule has 0 saturated carbocycles. The summed E-state index contributed by atoms with van der Waals surface area (Å²) in [7, 11) is 1.32. The highest BCUT2D eigenvalue weighted by Gasteiger charge is 2.50. The minimum Gasteiger partial charge on any atom is -0.507 e. The Kier molecular flexibility index (Phi) is 8.83. The molecule has 0 unspecified atom stereocenters. The van der Waals surface area contributed by atoms with Crippen LogP contribution < -0.4 is 10.5 Å². The lowest BCUT2D eigenvalue weighted by molar-refractivity contribution is -0.247. The van der Waals surface area contributed by atoms with E-state index in [1.54, 1.807) is 37.3 Å². The first-order valence-corrected chi connectivity index (χ1v) is 15.4. The molecule has 0 spiro atoms. The van der Waals surface area contributed by atoms with Gasteiger partial charge in [-0.15, -0.1) is 0 Å². The topological polar surface area (TPSA) is 212 Å². The number of ether oxygens (including phenoxy) is 4. The monoisotopic (exact) mass is 661 g/mol. The normalized spacial score (nSPS) is 26.2. The molecular weight excluding hydrogens is 626 g/mol. The van der Waals surface area contributed by atoms with Gasteiger partial charge in [-0.25, -0.2) is 0 Å². The average Bonchev–Trinajstić information content (AvgIpc) is 3.06. The summed E-state index contributed by atoms with van der Waals surface area (Å²) in [5.41, 5.74) is 2.90. The lowest BCUT2D eigenvalue weighted by atomic mass is 9.72. The number of hydrogen-bond donors (Lipinski definition) is 5. The van der Waals surface area contributed by atoms with Crippen LogP contribution in [-0.4, -0.2) is 87.6 Å². The fourth-order valence-corrected chi connectivity index (χ4v) is 6.70. The molecule has 0 bridgehead atoms. The molecular formula is C35H35NO12. The van der Waals surface area contributed by atoms with E-state index in [-0.39, 0.29) is 40.8 Å². The van der Waals surface area contributed by atoms with Gasteiger partial charge in [0.2, 0.25) is 11.6 Å². The van der Waals surface area contributed by atoms with E-state index in [0.29, 0.717) is 5.56 Å². The van der Waals surface area contributed by atoms with Gasteiger partial charge in [0.1, 0.15) is 22.8 Å². The molecule has 3 aromatic carbocycles. The van der Waals surface area contributed by atoms with Crippen molar-refractivity contribution in [2.24, 2.45) is 5.73 Å². The Morgan fingerprint density at radius 2 is 1.71 bits per heavy atom. The summed E-state index contributed by atoms with van der Waals surface area (Å²) < 4.78 is 22.5. The van der Waals surface area contributed by atoms with E-state index in [1.165, 1.54) is 25.3 Å². The van der Waals surface area contributed by atoms with Crippen molar-refractivity contribution in [1.82, 2.24) is 0 Å². The first kappa shape index (κ1) is 33.2. The first-order chi connectivity index (χ1) is 22.8. The number of nitrogens with two attached hydrogens (primary N) is 1. The van der Waals surface area contributed by atoms with E-state index in [2.05, 4.69) is 0 Å². The number of Topliss-reactive ketones (excluding diaryl/α,β-unsaturated/α-hetero) is 1. The fourth-order valence-electron chi connectivity index (χ4n) is 6.70. The van der Waals surface area contributed by atoms with Crippen molar-refractivity contribution in [2.45, 2.75) is 68.9 Å². The number of methoxy groups -OCH3 is 1. The van der Waals surface area contributed by atoms with E-state index in [4.69, 9.17) is 24.7 Å². The van der Waals surface area contributed by atoms with Gasteiger partial charge in [0.05, 0.1) is 48.5 Å². The smallest absolute Gasteiger partial charge is 0.310 e. The van der Waals surface area contributed by atoms with Gasteiger partial charge in [0.15, 0.2) is 18.7 Å². The highest BCUT2D eigenvalue weighted by molar-refractivity contribution is 6.31. The number of benzene rings is 3. The van der Waals surface area contributed by atoms with Crippen molar-refractivity contribution in [3.63, 3.8) is 0 Å². The third kappa shape index (κ3) is 5.73. The van der Waals surface area contributed by atoms with Crippen LogP contribution in [0.1, 0.15) is 74.4 Å². The second-order valence-electron chi connectivity index (χ2n) is 12.3. The number of phenols is 2. The van der Waals surface area contributed by atoms with Gasteiger partial charge >= 0.3 is 5.97 Å². The molecule has 1 heterocycles. The highest BCUT2D eigenvalue weighted by atomic mass is 16.7. The lowest BCUT2D eigenvalue weighted by Crippen LogP contribution is -2.53. The van der Waals surface area contributed by atoms with Gasteiger partial charge in [-0.2, -0.15) is 0 Å². The van der Waals surface area contributed by atoms with Crippen molar-refractivity contribution in [3.8, 4) is 17.2 Å². The molecule has 6 rings (SSSR count). The molecule has 0 radical (unpaired) electrons. The van der Waals surface area contributed by atoms with Gasteiger partial charge in [0.25, 0.3) is 0 Å². The zero-order valence-corrected chi connectivity index (χ0v) is 26.2. The lowest BCUT2D eigenvalue weighted by Gasteiger charge is -2.42. The van der Waals surface area contributed by atoms with Crippen molar-refractivity contribution < 1.29 is 58.6 Å². The van der Waals surface area contributed by atoms with Gasteiger partial charge < -0.3 is 45.1 Å². The number of aliphatic hydroxyl groups is 2. The number of phenolic OH excluding ortho intramolecular Hbond substituents is 2. The number of ketones is 3. The van der Waals surface area contributed by atoms with Crippen molar-refractivity contribution >= 4 is 23.3 Å². The molecule has 13 heteroatoms. The third-order valence-corrected chi connectivity index (χ3v) is 9.22. The van der Waals surface area contributed by atoms with Crippen LogP contribution in [0.4, 0.5) is 0 Å². The summed E-state index contributed by atoms with van der Waals surface area (Å²) in [6, 6.07) is 12.3. The zero-order valence-electron chi connectivity index (χ0n) is 26.2. The molecule has 1 aliphatic heterocycles. The molecule has 3 aliphatic rings. The number of hydrogen-bond acceptors (Lipinski definition) is 13. The molecule has 0 amide bonds. The van der Waals surface area contributed by atoms with E-state index in [0.717, 1.165) is 0 Å². The summed E-state index contributed by atoms with van der Waals surface area (Å²) in [6.45, 7) is 0.758. The fraction of sp³-hybridized carbons (Fsp3) is 0.371. The summed E-state index contributed by atoms with van der Waals surface area (Å²) in [6.07, 6.45) is -5.54.